The maximum Gasteiger partial charge on any atom is 0.410 e. The summed E-state index contributed by atoms with van der Waals surface area (Å²) in [5.74, 6) is -0.472. The minimum Gasteiger partial charge on any atom is -0.467 e. The van der Waals surface area contributed by atoms with Crippen molar-refractivity contribution in [2.45, 2.75) is 32.2 Å². The lowest BCUT2D eigenvalue weighted by Crippen LogP contribution is -2.43. The SMILES string of the molecule is C=CCC(C(=O)OC)N(C)C(=O)OCCCC. The Labute approximate surface area is 102 Å². The molecule has 0 aliphatic carbocycles. The summed E-state index contributed by atoms with van der Waals surface area (Å²) < 4.78 is 9.64. The lowest BCUT2D eigenvalue weighted by atomic mass is 10.2. The number of esters is 1. The molecular weight excluding hydrogens is 222 g/mol. The summed E-state index contributed by atoms with van der Waals surface area (Å²) in [4.78, 5) is 24.3. The van der Waals surface area contributed by atoms with Gasteiger partial charge in [0.25, 0.3) is 0 Å². The van der Waals surface area contributed by atoms with Crippen LogP contribution in [0.25, 0.3) is 0 Å². The molecule has 0 radical (unpaired) electrons. The predicted molar refractivity (Wildman–Crippen MR) is 64.6 cm³/mol. The smallest absolute Gasteiger partial charge is 0.410 e. The van der Waals surface area contributed by atoms with Crippen LogP contribution in [0.1, 0.15) is 26.2 Å². The summed E-state index contributed by atoms with van der Waals surface area (Å²) in [6.07, 6.45) is 3.15. The van der Waals surface area contributed by atoms with Gasteiger partial charge in [0.2, 0.25) is 0 Å². The highest BCUT2D eigenvalue weighted by Crippen LogP contribution is 2.07. The number of amides is 1. The molecule has 0 heterocycles. The molecular formula is C12H21NO4. The van der Waals surface area contributed by atoms with E-state index in [0.717, 1.165) is 12.8 Å². The zero-order valence-electron chi connectivity index (χ0n) is 10.8. The van der Waals surface area contributed by atoms with Gasteiger partial charge in [0.1, 0.15) is 6.04 Å². The average molecular weight is 243 g/mol. The molecule has 1 amide bonds. The van der Waals surface area contributed by atoms with Crippen molar-refractivity contribution in [3.8, 4) is 0 Å². The number of unbranched alkanes of at least 4 members (excludes halogenated alkanes) is 1. The summed E-state index contributed by atoms with van der Waals surface area (Å²) in [5.41, 5.74) is 0. The third kappa shape index (κ3) is 5.38. The van der Waals surface area contributed by atoms with Gasteiger partial charge in [0.05, 0.1) is 13.7 Å². The van der Waals surface area contributed by atoms with Crippen LogP contribution in [0.2, 0.25) is 0 Å². The van der Waals surface area contributed by atoms with Gasteiger partial charge in [0, 0.05) is 7.05 Å². The van der Waals surface area contributed by atoms with Crippen molar-refractivity contribution in [2.75, 3.05) is 20.8 Å². The molecule has 0 saturated carbocycles. The molecule has 0 aromatic carbocycles. The average Bonchev–Trinajstić information content (AvgIpc) is 2.34. The number of ether oxygens (including phenoxy) is 2. The Hall–Kier alpha value is -1.52. The standard InChI is InChI=1S/C12H21NO4/c1-5-7-9-17-12(15)13(3)10(8-6-2)11(14)16-4/h6,10H,2,5,7-9H2,1,3-4H3. The number of rotatable bonds is 7. The van der Waals surface area contributed by atoms with Crippen molar-refractivity contribution < 1.29 is 19.1 Å². The van der Waals surface area contributed by atoms with Gasteiger partial charge in [-0.1, -0.05) is 19.4 Å². The van der Waals surface area contributed by atoms with Crippen molar-refractivity contribution in [1.82, 2.24) is 4.90 Å². The van der Waals surface area contributed by atoms with Crippen molar-refractivity contribution in [2.24, 2.45) is 0 Å². The Bertz CT molecular complexity index is 265. The van der Waals surface area contributed by atoms with Crippen LogP contribution in [0, 0.1) is 0 Å². The van der Waals surface area contributed by atoms with E-state index in [1.54, 1.807) is 6.08 Å². The molecule has 0 bridgehead atoms. The van der Waals surface area contributed by atoms with Gasteiger partial charge >= 0.3 is 12.1 Å². The molecule has 0 saturated heterocycles. The largest absolute Gasteiger partial charge is 0.467 e. The van der Waals surface area contributed by atoms with E-state index in [9.17, 15) is 9.59 Å². The van der Waals surface area contributed by atoms with Crippen LogP contribution in [0.4, 0.5) is 4.79 Å². The number of hydrogen-bond acceptors (Lipinski definition) is 4. The van der Waals surface area contributed by atoms with Crippen LogP contribution in [0.3, 0.4) is 0 Å². The van der Waals surface area contributed by atoms with Crippen LogP contribution in [-0.4, -0.2) is 43.8 Å². The van der Waals surface area contributed by atoms with Gasteiger partial charge in [0.15, 0.2) is 0 Å². The molecule has 0 N–H and O–H groups in total. The molecule has 1 atom stereocenters. The lowest BCUT2D eigenvalue weighted by molar-refractivity contribution is -0.145. The van der Waals surface area contributed by atoms with Crippen LogP contribution in [0.15, 0.2) is 12.7 Å². The summed E-state index contributed by atoms with van der Waals surface area (Å²) in [6.45, 7) is 5.92. The minimum absolute atomic E-state index is 0.339. The van der Waals surface area contributed by atoms with E-state index in [1.807, 2.05) is 6.92 Å². The van der Waals surface area contributed by atoms with E-state index in [1.165, 1.54) is 19.1 Å². The van der Waals surface area contributed by atoms with E-state index < -0.39 is 18.1 Å². The van der Waals surface area contributed by atoms with Crippen LogP contribution >= 0.6 is 0 Å². The third-order valence-electron chi connectivity index (χ3n) is 2.34. The molecule has 0 fully saturated rings. The normalized spacial score (nSPS) is 11.5. The second-order valence-corrected chi connectivity index (χ2v) is 3.64. The molecule has 5 heteroatoms. The second-order valence-electron chi connectivity index (χ2n) is 3.64. The fourth-order valence-electron chi connectivity index (χ4n) is 1.24. The Kier molecular flexibility index (Phi) is 7.84. The number of carbonyl (C=O) groups is 2. The Morgan fingerprint density at radius 2 is 2.12 bits per heavy atom. The molecule has 98 valence electrons. The minimum atomic E-state index is -0.674. The highest BCUT2D eigenvalue weighted by atomic mass is 16.6. The fourth-order valence-corrected chi connectivity index (χ4v) is 1.24. The maximum absolute atomic E-state index is 11.6. The van der Waals surface area contributed by atoms with Gasteiger partial charge < -0.3 is 9.47 Å². The second kappa shape index (κ2) is 8.61. The lowest BCUT2D eigenvalue weighted by Gasteiger charge is -2.24. The summed E-state index contributed by atoms with van der Waals surface area (Å²) >= 11 is 0. The van der Waals surface area contributed by atoms with Crippen LogP contribution in [-0.2, 0) is 14.3 Å². The van der Waals surface area contributed by atoms with Crippen molar-refractivity contribution in [3.05, 3.63) is 12.7 Å². The molecule has 0 aromatic heterocycles. The molecule has 0 aliphatic heterocycles. The van der Waals surface area contributed by atoms with Crippen LogP contribution in [0.5, 0.6) is 0 Å². The number of likely N-dealkylation sites (N-methyl/N-ethyl adjacent to an activating group) is 1. The van der Waals surface area contributed by atoms with Crippen LogP contribution < -0.4 is 0 Å². The van der Waals surface area contributed by atoms with E-state index in [4.69, 9.17) is 4.74 Å². The van der Waals surface area contributed by atoms with Crippen molar-refractivity contribution in [1.29, 1.82) is 0 Å². The number of hydrogen-bond donors (Lipinski definition) is 0. The number of carbonyl (C=O) groups excluding carboxylic acids is 2. The molecule has 0 aliphatic rings. The number of methoxy groups -OCH3 is 1. The Balaban J connectivity index is 4.38. The summed E-state index contributed by atoms with van der Waals surface area (Å²) in [6, 6.07) is -0.674. The maximum atomic E-state index is 11.6. The van der Waals surface area contributed by atoms with E-state index in [2.05, 4.69) is 11.3 Å². The van der Waals surface area contributed by atoms with Crippen molar-refractivity contribution in [3.63, 3.8) is 0 Å². The zero-order chi connectivity index (χ0) is 13.3. The first kappa shape index (κ1) is 15.5. The van der Waals surface area contributed by atoms with Gasteiger partial charge in [-0.05, 0) is 12.8 Å². The summed E-state index contributed by atoms with van der Waals surface area (Å²) in [5, 5.41) is 0. The van der Waals surface area contributed by atoms with Crippen molar-refractivity contribution >= 4 is 12.1 Å². The van der Waals surface area contributed by atoms with E-state index >= 15 is 0 Å². The molecule has 17 heavy (non-hydrogen) atoms. The molecule has 0 aromatic rings. The first-order valence-electron chi connectivity index (χ1n) is 5.66. The predicted octanol–water partition coefficient (Wildman–Crippen LogP) is 1.97. The van der Waals surface area contributed by atoms with E-state index in [-0.39, 0.29) is 0 Å². The molecule has 0 spiro atoms. The molecule has 5 nitrogen and oxygen atoms in total. The van der Waals surface area contributed by atoms with Gasteiger partial charge in [-0.2, -0.15) is 0 Å². The Morgan fingerprint density at radius 3 is 2.59 bits per heavy atom. The topological polar surface area (TPSA) is 55.8 Å². The van der Waals surface area contributed by atoms with Gasteiger partial charge in [-0.25, -0.2) is 9.59 Å². The quantitative estimate of drug-likeness (QED) is 0.390. The summed E-state index contributed by atoms with van der Waals surface area (Å²) in [7, 11) is 2.80. The molecule has 1 unspecified atom stereocenters. The monoisotopic (exact) mass is 243 g/mol. The fraction of sp³-hybridized carbons (Fsp3) is 0.667. The zero-order valence-corrected chi connectivity index (χ0v) is 10.8. The number of nitrogens with zero attached hydrogens (tertiary/aromatic N) is 1. The Morgan fingerprint density at radius 1 is 1.47 bits per heavy atom. The third-order valence-corrected chi connectivity index (χ3v) is 2.34. The molecule has 0 rings (SSSR count). The first-order chi connectivity index (χ1) is 8.08. The van der Waals surface area contributed by atoms with Gasteiger partial charge in [-0.3, -0.25) is 4.90 Å². The van der Waals surface area contributed by atoms with Gasteiger partial charge in [-0.15, -0.1) is 6.58 Å². The van der Waals surface area contributed by atoms with E-state index in [0.29, 0.717) is 13.0 Å². The first-order valence-corrected chi connectivity index (χ1v) is 5.66. The highest BCUT2D eigenvalue weighted by Gasteiger charge is 2.27. The highest BCUT2D eigenvalue weighted by molar-refractivity contribution is 5.81.